The molecule has 0 heterocycles. The molecule has 0 aromatic heterocycles. The number of rotatable bonds is 8. The van der Waals surface area contributed by atoms with Crippen LogP contribution in [0.15, 0.2) is 43.0 Å². The fourth-order valence-electron chi connectivity index (χ4n) is 1.56. The van der Waals surface area contributed by atoms with Gasteiger partial charge in [-0.15, -0.1) is 0 Å². The van der Waals surface area contributed by atoms with Crippen LogP contribution in [-0.2, 0) is 19.1 Å². The molecule has 0 radical (unpaired) electrons. The molecule has 0 aliphatic carbocycles. The first-order valence-electron chi connectivity index (χ1n) is 7.39. The minimum absolute atomic E-state index is 0.282. The van der Waals surface area contributed by atoms with E-state index in [1.54, 1.807) is 18.2 Å². The van der Waals surface area contributed by atoms with Crippen molar-refractivity contribution in [2.45, 2.75) is 12.8 Å². The second-order valence-electron chi connectivity index (χ2n) is 4.54. The fourth-order valence-corrected chi connectivity index (χ4v) is 1.56. The Bertz CT molecular complexity index is 632. The lowest BCUT2D eigenvalue weighted by atomic mass is 10.2. The third kappa shape index (κ3) is 8.44. The number of hydrogen-bond acceptors (Lipinski definition) is 5. The molecule has 0 N–H and O–H groups in total. The summed E-state index contributed by atoms with van der Waals surface area (Å²) in [5.41, 5.74) is 0.868. The lowest BCUT2D eigenvalue weighted by Gasteiger charge is -2.02. The maximum absolute atomic E-state index is 11.0. The van der Waals surface area contributed by atoms with Gasteiger partial charge in [0.25, 0.3) is 0 Å². The zero-order valence-electron chi connectivity index (χ0n) is 13.6. The summed E-state index contributed by atoms with van der Waals surface area (Å²) in [5, 5.41) is 0. The second kappa shape index (κ2) is 11.6. The molecule has 1 aromatic rings. The highest BCUT2D eigenvalue weighted by Gasteiger charge is 1.95. The maximum atomic E-state index is 11.0. The van der Waals surface area contributed by atoms with Crippen molar-refractivity contribution in [1.29, 1.82) is 0 Å². The third-order valence-corrected chi connectivity index (χ3v) is 2.79. The number of unbranched alkanes of at least 4 members (excludes halogenated alkanes) is 1. The molecule has 5 nitrogen and oxygen atoms in total. The summed E-state index contributed by atoms with van der Waals surface area (Å²) in [7, 11) is 1.33. The molecule has 126 valence electrons. The van der Waals surface area contributed by atoms with Crippen LogP contribution in [0.5, 0.6) is 5.75 Å². The van der Waals surface area contributed by atoms with E-state index in [0.717, 1.165) is 11.6 Å². The zero-order valence-corrected chi connectivity index (χ0v) is 13.6. The van der Waals surface area contributed by atoms with E-state index in [1.165, 1.54) is 13.2 Å². The Balaban J connectivity index is 2.25. The van der Waals surface area contributed by atoms with E-state index >= 15 is 0 Å². The van der Waals surface area contributed by atoms with Crippen molar-refractivity contribution in [3.63, 3.8) is 0 Å². The number of hydrogen-bond donors (Lipinski definition) is 0. The van der Waals surface area contributed by atoms with Gasteiger partial charge in [0, 0.05) is 18.6 Å². The van der Waals surface area contributed by atoms with Crippen LogP contribution in [0.2, 0.25) is 0 Å². The van der Waals surface area contributed by atoms with Crippen LogP contribution in [-0.4, -0.2) is 32.3 Å². The van der Waals surface area contributed by atoms with E-state index in [-0.39, 0.29) is 6.61 Å². The van der Waals surface area contributed by atoms with Crippen molar-refractivity contribution in [3.8, 4) is 17.6 Å². The molecule has 0 amide bonds. The van der Waals surface area contributed by atoms with Crippen molar-refractivity contribution >= 4 is 18.0 Å². The van der Waals surface area contributed by atoms with E-state index in [2.05, 4.69) is 23.2 Å². The van der Waals surface area contributed by atoms with Gasteiger partial charge in [-0.3, -0.25) is 0 Å². The van der Waals surface area contributed by atoms with E-state index < -0.39 is 11.9 Å². The number of esters is 2. The second-order valence-corrected chi connectivity index (χ2v) is 4.54. The summed E-state index contributed by atoms with van der Waals surface area (Å²) in [4.78, 5) is 21.8. The van der Waals surface area contributed by atoms with Gasteiger partial charge in [-0.25, -0.2) is 9.59 Å². The van der Waals surface area contributed by atoms with E-state index in [9.17, 15) is 9.59 Å². The van der Waals surface area contributed by atoms with Gasteiger partial charge in [0.15, 0.2) is 0 Å². The fraction of sp³-hybridized carbons (Fsp3) is 0.263. The first-order chi connectivity index (χ1) is 11.7. The predicted octanol–water partition coefficient (Wildman–Crippen LogP) is 2.76. The number of carbonyl (C=O) groups excluding carboxylic acids is 2. The summed E-state index contributed by atoms with van der Waals surface area (Å²) in [6, 6.07) is 7.26. The maximum Gasteiger partial charge on any atom is 0.330 e. The number of methoxy groups -OCH3 is 1. The summed E-state index contributed by atoms with van der Waals surface area (Å²) in [5.74, 6) is 5.71. The first kappa shape index (κ1) is 19.0. The Hall–Kier alpha value is -3.00. The molecule has 0 fully saturated rings. The Morgan fingerprint density at radius 1 is 1.17 bits per heavy atom. The van der Waals surface area contributed by atoms with Crippen LogP contribution < -0.4 is 4.74 Å². The predicted molar refractivity (Wildman–Crippen MR) is 91.2 cm³/mol. The van der Waals surface area contributed by atoms with Gasteiger partial charge in [-0.2, -0.15) is 0 Å². The SMILES string of the molecule is C=CC(=O)OCCCC#CCOc1ccc(/C=C/C(=O)OC)cc1. The van der Waals surface area contributed by atoms with Crippen LogP contribution >= 0.6 is 0 Å². The van der Waals surface area contributed by atoms with E-state index in [1.807, 2.05) is 12.1 Å². The quantitative estimate of drug-likeness (QED) is 0.318. The van der Waals surface area contributed by atoms with E-state index in [0.29, 0.717) is 25.2 Å². The highest BCUT2D eigenvalue weighted by Crippen LogP contribution is 2.13. The van der Waals surface area contributed by atoms with Crippen molar-refractivity contribution in [2.75, 3.05) is 20.3 Å². The number of benzene rings is 1. The molecule has 0 bridgehead atoms. The molecule has 0 aliphatic rings. The molecule has 24 heavy (non-hydrogen) atoms. The van der Waals surface area contributed by atoms with Crippen molar-refractivity contribution in [1.82, 2.24) is 0 Å². The van der Waals surface area contributed by atoms with Gasteiger partial charge in [0.1, 0.15) is 12.4 Å². The van der Waals surface area contributed by atoms with Gasteiger partial charge in [0.2, 0.25) is 0 Å². The largest absolute Gasteiger partial charge is 0.481 e. The van der Waals surface area contributed by atoms with Gasteiger partial charge < -0.3 is 14.2 Å². The van der Waals surface area contributed by atoms with Crippen molar-refractivity contribution in [3.05, 3.63) is 48.6 Å². The van der Waals surface area contributed by atoms with Crippen LogP contribution in [0.3, 0.4) is 0 Å². The average Bonchev–Trinajstić information content (AvgIpc) is 2.62. The van der Waals surface area contributed by atoms with Gasteiger partial charge in [0.05, 0.1) is 13.7 Å². The molecular formula is C19H20O5. The van der Waals surface area contributed by atoms with Crippen LogP contribution in [0.4, 0.5) is 0 Å². The average molecular weight is 328 g/mol. The van der Waals surface area contributed by atoms with E-state index in [4.69, 9.17) is 9.47 Å². The molecule has 0 unspecified atom stereocenters. The number of carbonyl (C=O) groups is 2. The normalized spacial score (nSPS) is 9.71. The molecule has 0 atom stereocenters. The molecule has 5 heteroatoms. The highest BCUT2D eigenvalue weighted by molar-refractivity contribution is 5.86. The molecule has 0 saturated carbocycles. The third-order valence-electron chi connectivity index (χ3n) is 2.79. The zero-order chi connectivity index (χ0) is 17.6. The van der Waals surface area contributed by atoms with Gasteiger partial charge in [-0.1, -0.05) is 30.6 Å². The molecular weight excluding hydrogens is 308 g/mol. The van der Waals surface area contributed by atoms with Gasteiger partial charge in [-0.05, 0) is 30.2 Å². The lowest BCUT2D eigenvalue weighted by molar-refractivity contribution is -0.138. The molecule has 1 rings (SSSR count). The lowest BCUT2D eigenvalue weighted by Crippen LogP contribution is -2.01. The monoisotopic (exact) mass is 328 g/mol. The summed E-state index contributed by atoms with van der Waals surface area (Å²) < 4.78 is 14.8. The smallest absolute Gasteiger partial charge is 0.330 e. The Labute approximate surface area is 141 Å². The Morgan fingerprint density at radius 2 is 1.92 bits per heavy atom. The minimum Gasteiger partial charge on any atom is -0.481 e. The highest BCUT2D eigenvalue weighted by atomic mass is 16.5. The molecule has 0 aliphatic heterocycles. The van der Waals surface area contributed by atoms with Gasteiger partial charge >= 0.3 is 11.9 Å². The minimum atomic E-state index is -0.420. The Kier molecular flexibility index (Phi) is 9.17. The summed E-state index contributed by atoms with van der Waals surface area (Å²) >= 11 is 0. The Morgan fingerprint density at radius 3 is 2.58 bits per heavy atom. The molecule has 0 saturated heterocycles. The van der Waals surface area contributed by atoms with Crippen LogP contribution in [0, 0.1) is 11.8 Å². The standard InChI is InChI=1S/C19H20O5/c1-3-18(20)24-15-7-5-4-6-14-23-17-11-8-16(9-12-17)10-13-19(21)22-2/h3,8-13H,1,5,7,14-15H2,2H3/b13-10+. The summed E-state index contributed by atoms with van der Waals surface area (Å²) in [6.07, 6.45) is 5.46. The van der Waals surface area contributed by atoms with Crippen molar-refractivity contribution in [2.24, 2.45) is 0 Å². The van der Waals surface area contributed by atoms with Crippen molar-refractivity contribution < 1.29 is 23.8 Å². The molecule has 0 spiro atoms. The molecule has 1 aromatic carbocycles. The number of ether oxygens (including phenoxy) is 3. The first-order valence-corrected chi connectivity index (χ1v) is 7.39. The summed E-state index contributed by atoms with van der Waals surface area (Å²) in [6.45, 7) is 3.93. The van der Waals surface area contributed by atoms with Crippen LogP contribution in [0.25, 0.3) is 6.08 Å². The topological polar surface area (TPSA) is 61.8 Å². The van der Waals surface area contributed by atoms with Crippen LogP contribution in [0.1, 0.15) is 18.4 Å².